The van der Waals surface area contributed by atoms with E-state index in [9.17, 15) is 14.7 Å². The van der Waals surface area contributed by atoms with Gasteiger partial charge in [0, 0.05) is 4.91 Å². The molecule has 0 aliphatic carbocycles. The molecular weight excluding hydrogens is 370 g/mol. The van der Waals surface area contributed by atoms with E-state index >= 15 is 0 Å². The van der Waals surface area contributed by atoms with Crippen LogP contribution in [0, 0.1) is 5.92 Å². The Bertz CT molecular complexity index is 640. The molecule has 0 bridgehead atoms. The third kappa shape index (κ3) is 3.65. The Morgan fingerprint density at radius 2 is 2.08 bits per heavy atom. The fourth-order valence-electron chi connectivity index (χ4n) is 2.86. The molecule has 0 spiro atoms. The van der Waals surface area contributed by atoms with Gasteiger partial charge in [-0.25, -0.2) is 4.79 Å². The summed E-state index contributed by atoms with van der Waals surface area (Å²) in [5.41, 5.74) is 0.158. The smallest absolute Gasteiger partial charge is 0.356 e. The van der Waals surface area contributed by atoms with Crippen molar-refractivity contribution in [2.45, 2.75) is 57.3 Å². The van der Waals surface area contributed by atoms with Crippen LogP contribution >= 0.6 is 11.8 Å². The van der Waals surface area contributed by atoms with Gasteiger partial charge in [-0.2, -0.15) is 0 Å². The molecule has 1 amide bonds. The first-order chi connectivity index (χ1) is 12.0. The van der Waals surface area contributed by atoms with Crippen LogP contribution in [0.4, 0.5) is 0 Å². The van der Waals surface area contributed by atoms with Crippen molar-refractivity contribution in [3.63, 3.8) is 0 Å². The van der Waals surface area contributed by atoms with Crippen LogP contribution in [0.25, 0.3) is 0 Å². The zero-order valence-electron chi connectivity index (χ0n) is 16.4. The molecule has 2 rings (SSSR count). The number of nitrogens with zero attached hydrogens (tertiary/aromatic N) is 1. The Labute approximate surface area is 160 Å². The highest BCUT2D eigenvalue weighted by Crippen LogP contribution is 2.51. The first-order valence-corrected chi connectivity index (χ1v) is 12.5. The predicted octanol–water partition coefficient (Wildman–Crippen LogP) is 2.86. The molecule has 26 heavy (non-hydrogen) atoms. The zero-order valence-corrected chi connectivity index (χ0v) is 18.2. The van der Waals surface area contributed by atoms with E-state index in [2.05, 4.69) is 40.4 Å². The second-order valence-corrected chi connectivity index (χ2v) is 14.1. The molecule has 0 saturated carbocycles. The minimum atomic E-state index is -2.01. The van der Waals surface area contributed by atoms with Crippen molar-refractivity contribution in [3.8, 4) is 0 Å². The SMILES string of the molecule is C=CCOC(=O)C1=C(CO)S[C@@H]2[C@H]([C@@H](C)O[Si](C)(C)C(C)(C)C)C(=O)N12. The van der Waals surface area contributed by atoms with Crippen LogP contribution in [0.5, 0.6) is 0 Å². The molecule has 6 nitrogen and oxygen atoms in total. The van der Waals surface area contributed by atoms with Crippen LogP contribution in [0.2, 0.25) is 18.1 Å². The van der Waals surface area contributed by atoms with Crippen LogP contribution in [0.3, 0.4) is 0 Å². The highest BCUT2D eigenvalue weighted by Gasteiger charge is 2.59. The molecule has 1 N–H and O–H groups in total. The summed E-state index contributed by atoms with van der Waals surface area (Å²) in [6.07, 6.45) is 1.22. The highest BCUT2D eigenvalue weighted by molar-refractivity contribution is 8.04. The average Bonchev–Trinajstić information content (AvgIpc) is 2.85. The number of β-lactam (4-membered cyclic amide) rings is 1. The van der Waals surface area contributed by atoms with E-state index in [0.717, 1.165) is 0 Å². The van der Waals surface area contributed by atoms with Gasteiger partial charge in [-0.3, -0.25) is 9.69 Å². The fourth-order valence-corrected chi connectivity index (χ4v) is 5.75. The molecule has 2 aliphatic heterocycles. The second-order valence-electron chi connectivity index (χ2n) is 8.14. The van der Waals surface area contributed by atoms with Gasteiger partial charge in [0.25, 0.3) is 0 Å². The van der Waals surface area contributed by atoms with Crippen molar-refractivity contribution in [1.82, 2.24) is 4.90 Å². The summed E-state index contributed by atoms with van der Waals surface area (Å²) in [4.78, 5) is 27.0. The van der Waals surface area contributed by atoms with Crippen molar-refractivity contribution in [1.29, 1.82) is 0 Å². The third-order valence-corrected chi connectivity index (χ3v) is 11.2. The summed E-state index contributed by atoms with van der Waals surface area (Å²) in [6, 6.07) is 0. The number of fused-ring (bicyclic) bond motifs is 1. The Morgan fingerprint density at radius 1 is 1.46 bits per heavy atom. The molecule has 0 unspecified atom stereocenters. The van der Waals surface area contributed by atoms with Gasteiger partial charge in [0.2, 0.25) is 5.91 Å². The van der Waals surface area contributed by atoms with Crippen molar-refractivity contribution in [3.05, 3.63) is 23.3 Å². The van der Waals surface area contributed by atoms with Crippen LogP contribution in [0.1, 0.15) is 27.7 Å². The van der Waals surface area contributed by atoms with E-state index < -0.39 is 14.3 Å². The largest absolute Gasteiger partial charge is 0.457 e. The van der Waals surface area contributed by atoms with Gasteiger partial charge in [0.15, 0.2) is 8.32 Å². The highest BCUT2D eigenvalue weighted by atomic mass is 32.2. The van der Waals surface area contributed by atoms with Crippen molar-refractivity contribution in [2.24, 2.45) is 5.92 Å². The molecule has 1 saturated heterocycles. The van der Waals surface area contributed by atoms with E-state index in [1.54, 1.807) is 0 Å². The quantitative estimate of drug-likeness (QED) is 0.307. The topological polar surface area (TPSA) is 76.1 Å². The standard InChI is InChI=1S/C18H29NO5SSi/c1-8-9-23-17(22)14-12(10-20)25-16-13(15(21)19(14)16)11(2)24-26(6,7)18(3,4)5/h8,11,13,16,20H,1,9-10H2,2-7H3/t11-,13-,16-/m1/s1. The maximum atomic E-state index is 12.8. The van der Waals surface area contributed by atoms with E-state index in [1.807, 2.05) is 6.92 Å². The fraction of sp³-hybridized carbons (Fsp3) is 0.667. The molecular formula is C18H29NO5SSi. The summed E-state index contributed by atoms with van der Waals surface area (Å²) < 4.78 is 11.5. The van der Waals surface area contributed by atoms with Crippen LogP contribution in [0.15, 0.2) is 23.3 Å². The van der Waals surface area contributed by atoms with Gasteiger partial charge in [0.1, 0.15) is 17.7 Å². The molecule has 3 atom stereocenters. The Morgan fingerprint density at radius 3 is 2.58 bits per heavy atom. The molecule has 2 heterocycles. The molecule has 1 fully saturated rings. The summed E-state index contributed by atoms with van der Waals surface area (Å²) in [5.74, 6) is -1.09. The van der Waals surface area contributed by atoms with E-state index in [1.165, 1.54) is 22.7 Å². The summed E-state index contributed by atoms with van der Waals surface area (Å²) in [7, 11) is -2.01. The lowest BCUT2D eigenvalue weighted by molar-refractivity contribution is -0.157. The second kappa shape index (κ2) is 7.50. The van der Waals surface area contributed by atoms with Gasteiger partial charge < -0.3 is 14.3 Å². The number of carbonyl (C=O) groups is 2. The Balaban J connectivity index is 2.14. The molecule has 2 aliphatic rings. The van der Waals surface area contributed by atoms with Gasteiger partial charge in [-0.1, -0.05) is 45.2 Å². The maximum Gasteiger partial charge on any atom is 0.356 e. The van der Waals surface area contributed by atoms with E-state index in [4.69, 9.17) is 9.16 Å². The zero-order chi connectivity index (χ0) is 19.9. The summed E-state index contributed by atoms with van der Waals surface area (Å²) in [5, 5.41) is 9.43. The number of aliphatic hydroxyl groups excluding tert-OH is 1. The third-order valence-electron chi connectivity index (χ3n) is 5.31. The van der Waals surface area contributed by atoms with E-state index in [0.29, 0.717) is 4.91 Å². The first kappa shape index (κ1) is 21.2. The molecule has 0 aromatic heterocycles. The molecule has 146 valence electrons. The van der Waals surface area contributed by atoms with Gasteiger partial charge >= 0.3 is 5.97 Å². The van der Waals surface area contributed by atoms with Crippen molar-refractivity contribution >= 4 is 32.0 Å². The minimum Gasteiger partial charge on any atom is -0.457 e. The predicted molar refractivity (Wildman–Crippen MR) is 105 cm³/mol. The first-order valence-electron chi connectivity index (χ1n) is 8.76. The van der Waals surface area contributed by atoms with Gasteiger partial charge in [0.05, 0.1) is 18.6 Å². The molecule has 0 aromatic carbocycles. The number of thioether (sulfide) groups is 1. The number of esters is 1. The van der Waals surface area contributed by atoms with Gasteiger partial charge in [-0.15, -0.1) is 0 Å². The number of carbonyl (C=O) groups excluding carboxylic acids is 2. The minimum absolute atomic E-state index is 0.0464. The maximum absolute atomic E-state index is 12.8. The van der Waals surface area contributed by atoms with Crippen LogP contribution in [-0.2, 0) is 18.8 Å². The van der Waals surface area contributed by atoms with Gasteiger partial charge in [-0.05, 0) is 25.1 Å². The number of aliphatic hydroxyl groups is 1. The number of rotatable bonds is 7. The summed E-state index contributed by atoms with van der Waals surface area (Å²) >= 11 is 1.35. The molecule has 8 heteroatoms. The normalized spacial score (nSPS) is 24.3. The number of hydrogen-bond acceptors (Lipinski definition) is 6. The molecule has 0 aromatic rings. The van der Waals surface area contributed by atoms with Crippen LogP contribution < -0.4 is 0 Å². The monoisotopic (exact) mass is 399 g/mol. The lowest BCUT2D eigenvalue weighted by Crippen LogP contribution is -2.62. The lowest BCUT2D eigenvalue weighted by Gasteiger charge is -2.48. The Hall–Kier alpha value is -1.09. The van der Waals surface area contributed by atoms with Crippen LogP contribution in [-0.4, -0.2) is 54.9 Å². The summed E-state index contributed by atoms with van der Waals surface area (Å²) in [6.45, 7) is 16.0. The number of ether oxygens (including phenoxy) is 1. The number of amides is 1. The Kier molecular flexibility index (Phi) is 6.12. The lowest BCUT2D eigenvalue weighted by atomic mass is 9.92. The number of hydrogen-bond donors (Lipinski definition) is 1. The average molecular weight is 400 g/mol. The van der Waals surface area contributed by atoms with Crippen molar-refractivity contribution < 1.29 is 23.9 Å². The molecule has 0 radical (unpaired) electrons. The van der Waals surface area contributed by atoms with Crippen molar-refractivity contribution in [2.75, 3.05) is 13.2 Å². The van der Waals surface area contributed by atoms with E-state index in [-0.39, 0.29) is 47.3 Å².